The molecule has 1 atom stereocenters. The summed E-state index contributed by atoms with van der Waals surface area (Å²) in [6.07, 6.45) is -0.606. The third-order valence-electron chi connectivity index (χ3n) is 4.30. The van der Waals surface area contributed by atoms with E-state index in [4.69, 9.17) is 9.84 Å². The van der Waals surface area contributed by atoms with Gasteiger partial charge >= 0.3 is 6.09 Å². The molecule has 1 unspecified atom stereocenters. The molecule has 3 rings (SSSR count). The summed E-state index contributed by atoms with van der Waals surface area (Å²) < 4.78 is 5.34. The van der Waals surface area contributed by atoms with E-state index in [0.29, 0.717) is 0 Å². The van der Waals surface area contributed by atoms with Gasteiger partial charge in [-0.05, 0) is 29.2 Å². The quantitative estimate of drug-likeness (QED) is 0.787. The number of carbonyl (C=O) groups is 1. The predicted octanol–water partition coefficient (Wildman–Crippen LogP) is 2.27. The molecule has 5 heteroatoms. The molecule has 3 N–H and O–H groups in total. The highest BCUT2D eigenvalue weighted by Crippen LogP contribution is 2.44. The van der Waals surface area contributed by atoms with Crippen molar-refractivity contribution >= 4 is 6.09 Å². The molecule has 1 aliphatic rings. The van der Waals surface area contributed by atoms with Gasteiger partial charge < -0.3 is 20.3 Å². The molecule has 2 aromatic rings. The van der Waals surface area contributed by atoms with Gasteiger partial charge in [-0.25, -0.2) is 4.79 Å². The van der Waals surface area contributed by atoms with Crippen LogP contribution in [0.5, 0.6) is 0 Å². The summed E-state index contributed by atoms with van der Waals surface area (Å²) in [7, 11) is 0. The van der Waals surface area contributed by atoms with E-state index in [9.17, 15) is 9.90 Å². The number of carbonyl (C=O) groups excluding carboxylic acids is 1. The van der Waals surface area contributed by atoms with E-state index < -0.39 is 18.3 Å². The number of hydrogen-bond donors (Lipinski definition) is 3. The standard InChI is InChI=1S/C19H21NO4/c1-19(23,12-21)11-20-18(22)24-10-17-15-8-4-2-6-13(15)14-7-3-5-9-16(14)17/h2-9,17,21,23H,10-12H2,1H3,(H,20,22). The second-order valence-corrected chi connectivity index (χ2v) is 6.33. The minimum absolute atomic E-state index is 0.00139. The van der Waals surface area contributed by atoms with Gasteiger partial charge in [0.2, 0.25) is 0 Å². The van der Waals surface area contributed by atoms with Crippen LogP contribution in [0.1, 0.15) is 24.0 Å². The lowest BCUT2D eigenvalue weighted by Crippen LogP contribution is -2.43. The largest absolute Gasteiger partial charge is 0.449 e. The molecule has 0 saturated carbocycles. The van der Waals surface area contributed by atoms with Crippen molar-refractivity contribution in [3.05, 3.63) is 59.7 Å². The van der Waals surface area contributed by atoms with Crippen LogP contribution in [0.2, 0.25) is 0 Å². The molecule has 5 nitrogen and oxygen atoms in total. The lowest BCUT2D eigenvalue weighted by atomic mass is 9.98. The third kappa shape index (κ3) is 3.27. The number of alkyl carbamates (subject to hydrolysis) is 1. The molecule has 0 bridgehead atoms. The maximum atomic E-state index is 11.9. The van der Waals surface area contributed by atoms with Crippen LogP contribution in [0, 0.1) is 0 Å². The van der Waals surface area contributed by atoms with Crippen LogP contribution in [-0.4, -0.2) is 41.7 Å². The zero-order valence-corrected chi connectivity index (χ0v) is 13.5. The molecule has 1 aliphatic carbocycles. The van der Waals surface area contributed by atoms with E-state index in [1.54, 1.807) is 0 Å². The second kappa shape index (κ2) is 6.63. The molecular formula is C19H21NO4. The number of fused-ring (bicyclic) bond motifs is 3. The SMILES string of the molecule is CC(O)(CO)CNC(=O)OCC1c2ccccc2-c2ccccc21. The van der Waals surface area contributed by atoms with Crippen LogP contribution < -0.4 is 5.32 Å². The normalized spacial score (nSPS) is 15.3. The van der Waals surface area contributed by atoms with Gasteiger partial charge in [-0.2, -0.15) is 0 Å². The Bertz CT molecular complexity index is 696. The van der Waals surface area contributed by atoms with Gasteiger partial charge in [-0.3, -0.25) is 0 Å². The molecule has 0 saturated heterocycles. The number of aliphatic hydroxyl groups excluding tert-OH is 1. The monoisotopic (exact) mass is 327 g/mol. The van der Waals surface area contributed by atoms with Gasteiger partial charge in [0.15, 0.2) is 0 Å². The van der Waals surface area contributed by atoms with Gasteiger partial charge in [-0.1, -0.05) is 48.5 Å². The predicted molar refractivity (Wildman–Crippen MR) is 90.8 cm³/mol. The molecule has 1 amide bonds. The molecule has 0 aromatic heterocycles. The van der Waals surface area contributed by atoms with Crippen LogP contribution >= 0.6 is 0 Å². The zero-order valence-electron chi connectivity index (χ0n) is 13.5. The average Bonchev–Trinajstić information content (AvgIpc) is 2.92. The van der Waals surface area contributed by atoms with Crippen molar-refractivity contribution in [1.29, 1.82) is 0 Å². The van der Waals surface area contributed by atoms with Crippen molar-refractivity contribution < 1.29 is 19.7 Å². The molecule has 0 radical (unpaired) electrons. The third-order valence-corrected chi connectivity index (χ3v) is 4.30. The van der Waals surface area contributed by atoms with Crippen molar-refractivity contribution in [3.8, 4) is 11.1 Å². The Morgan fingerprint density at radius 3 is 2.21 bits per heavy atom. The van der Waals surface area contributed by atoms with Crippen molar-refractivity contribution in [2.75, 3.05) is 19.8 Å². The molecule has 2 aromatic carbocycles. The Kier molecular flexibility index (Phi) is 4.55. The number of benzene rings is 2. The molecule has 0 fully saturated rings. The summed E-state index contributed by atoms with van der Waals surface area (Å²) in [4.78, 5) is 11.9. The number of rotatable bonds is 5. The molecule has 0 heterocycles. The molecule has 0 aliphatic heterocycles. The van der Waals surface area contributed by atoms with E-state index in [0.717, 1.165) is 11.1 Å². The summed E-state index contributed by atoms with van der Waals surface area (Å²) in [6, 6.07) is 16.2. The highest BCUT2D eigenvalue weighted by molar-refractivity contribution is 5.79. The lowest BCUT2D eigenvalue weighted by Gasteiger charge is -2.21. The van der Waals surface area contributed by atoms with E-state index in [-0.39, 0.29) is 19.1 Å². The smallest absolute Gasteiger partial charge is 0.407 e. The first-order valence-corrected chi connectivity index (χ1v) is 7.94. The fourth-order valence-corrected chi connectivity index (χ4v) is 2.97. The van der Waals surface area contributed by atoms with Crippen molar-refractivity contribution in [3.63, 3.8) is 0 Å². The number of aliphatic hydroxyl groups is 2. The van der Waals surface area contributed by atoms with Gasteiger partial charge in [0.1, 0.15) is 12.2 Å². The minimum Gasteiger partial charge on any atom is -0.449 e. The van der Waals surface area contributed by atoms with Gasteiger partial charge in [0.25, 0.3) is 0 Å². The van der Waals surface area contributed by atoms with Crippen molar-refractivity contribution in [2.45, 2.75) is 18.4 Å². The summed E-state index contributed by atoms with van der Waals surface area (Å²) in [5.74, 6) is 0.00139. The highest BCUT2D eigenvalue weighted by Gasteiger charge is 2.29. The summed E-state index contributed by atoms with van der Waals surface area (Å²) in [5, 5.41) is 21.2. The number of amides is 1. The fraction of sp³-hybridized carbons (Fsp3) is 0.316. The molecule has 126 valence electrons. The Balaban J connectivity index is 1.69. The first-order valence-electron chi connectivity index (χ1n) is 7.94. The summed E-state index contributed by atoms with van der Waals surface area (Å²) in [5.41, 5.74) is 3.28. The number of nitrogens with one attached hydrogen (secondary N) is 1. The van der Waals surface area contributed by atoms with E-state index in [1.165, 1.54) is 18.1 Å². The van der Waals surface area contributed by atoms with Gasteiger partial charge in [0.05, 0.1) is 13.2 Å². The van der Waals surface area contributed by atoms with Crippen LogP contribution in [0.4, 0.5) is 4.79 Å². The highest BCUT2D eigenvalue weighted by atomic mass is 16.5. The Labute approximate surface area is 140 Å². The van der Waals surface area contributed by atoms with E-state index in [2.05, 4.69) is 29.6 Å². The maximum absolute atomic E-state index is 11.9. The Morgan fingerprint density at radius 2 is 1.67 bits per heavy atom. The van der Waals surface area contributed by atoms with Crippen molar-refractivity contribution in [2.24, 2.45) is 0 Å². The van der Waals surface area contributed by atoms with Crippen LogP contribution in [-0.2, 0) is 4.74 Å². The summed E-state index contributed by atoms with van der Waals surface area (Å²) in [6.45, 7) is 1.16. The average molecular weight is 327 g/mol. The summed E-state index contributed by atoms with van der Waals surface area (Å²) >= 11 is 0. The van der Waals surface area contributed by atoms with E-state index >= 15 is 0 Å². The second-order valence-electron chi connectivity index (χ2n) is 6.33. The number of hydrogen-bond acceptors (Lipinski definition) is 4. The molecule has 24 heavy (non-hydrogen) atoms. The molecular weight excluding hydrogens is 306 g/mol. The van der Waals surface area contributed by atoms with Gasteiger partial charge in [-0.15, -0.1) is 0 Å². The zero-order chi connectivity index (χ0) is 17.2. The van der Waals surface area contributed by atoms with Gasteiger partial charge in [0, 0.05) is 5.92 Å². The Morgan fingerprint density at radius 1 is 1.12 bits per heavy atom. The topological polar surface area (TPSA) is 78.8 Å². The number of ether oxygens (including phenoxy) is 1. The maximum Gasteiger partial charge on any atom is 0.407 e. The van der Waals surface area contributed by atoms with Crippen molar-refractivity contribution in [1.82, 2.24) is 5.32 Å². The lowest BCUT2D eigenvalue weighted by molar-refractivity contribution is 0.00235. The van der Waals surface area contributed by atoms with Crippen LogP contribution in [0.3, 0.4) is 0 Å². The molecule has 0 spiro atoms. The first-order chi connectivity index (χ1) is 11.5. The van der Waals surface area contributed by atoms with E-state index in [1.807, 2.05) is 24.3 Å². The minimum atomic E-state index is -1.36. The Hall–Kier alpha value is -2.37. The van der Waals surface area contributed by atoms with Crippen LogP contribution in [0.15, 0.2) is 48.5 Å². The fourth-order valence-electron chi connectivity index (χ4n) is 2.97. The van der Waals surface area contributed by atoms with Crippen LogP contribution in [0.25, 0.3) is 11.1 Å². The first kappa shape index (κ1) is 16.5.